The maximum atomic E-state index is 6.03. The van der Waals surface area contributed by atoms with E-state index in [0.717, 1.165) is 33.9 Å². The van der Waals surface area contributed by atoms with Gasteiger partial charge in [0.1, 0.15) is 0 Å². The number of nitrogen functional groups attached to an aromatic ring is 1. The zero-order valence-electron chi connectivity index (χ0n) is 10.8. The largest absolute Gasteiger partial charge is 0.396 e. The second-order valence-corrected chi connectivity index (χ2v) is 6.29. The van der Waals surface area contributed by atoms with Gasteiger partial charge in [0, 0.05) is 16.8 Å². The molecular formula is C15H14ClN3S. The molecule has 0 amide bonds. The Bertz CT molecular complexity index is 739. The van der Waals surface area contributed by atoms with Crippen LogP contribution in [0.2, 0.25) is 4.34 Å². The van der Waals surface area contributed by atoms with Crippen LogP contribution in [0.3, 0.4) is 0 Å². The molecule has 0 atom stereocenters. The monoisotopic (exact) mass is 303 g/mol. The van der Waals surface area contributed by atoms with Crippen molar-refractivity contribution in [3.05, 3.63) is 51.8 Å². The first-order valence-electron chi connectivity index (χ1n) is 6.35. The molecule has 3 rings (SSSR count). The molecule has 3 nitrogen and oxygen atoms in total. The summed E-state index contributed by atoms with van der Waals surface area (Å²) < 4.78 is 0.828. The second kappa shape index (κ2) is 5.69. The zero-order valence-corrected chi connectivity index (χ0v) is 12.3. The summed E-state index contributed by atoms with van der Waals surface area (Å²) in [5.41, 5.74) is 8.60. The highest BCUT2D eigenvalue weighted by atomic mass is 35.5. The summed E-state index contributed by atoms with van der Waals surface area (Å²) in [5.74, 6) is 0. The van der Waals surface area contributed by atoms with Gasteiger partial charge in [0.05, 0.1) is 27.4 Å². The first-order valence-corrected chi connectivity index (χ1v) is 7.55. The molecule has 0 fully saturated rings. The van der Waals surface area contributed by atoms with E-state index in [2.05, 4.69) is 16.4 Å². The first-order chi connectivity index (χ1) is 9.74. The number of aromatic nitrogens is 1. The molecule has 0 spiro atoms. The number of anilines is 2. The van der Waals surface area contributed by atoms with Crippen molar-refractivity contribution in [2.75, 3.05) is 17.6 Å². The summed E-state index contributed by atoms with van der Waals surface area (Å²) in [7, 11) is 0. The second-order valence-electron chi connectivity index (χ2n) is 4.49. The molecule has 2 aromatic heterocycles. The van der Waals surface area contributed by atoms with Gasteiger partial charge in [-0.15, -0.1) is 11.3 Å². The molecule has 5 heteroatoms. The smallest absolute Gasteiger partial charge is 0.0931 e. The van der Waals surface area contributed by atoms with E-state index in [0.29, 0.717) is 5.69 Å². The lowest BCUT2D eigenvalue weighted by atomic mass is 10.1. The molecule has 3 N–H and O–H groups in total. The van der Waals surface area contributed by atoms with Crippen LogP contribution in [0.25, 0.3) is 10.9 Å². The maximum Gasteiger partial charge on any atom is 0.0931 e. The lowest BCUT2D eigenvalue weighted by Gasteiger charge is -2.11. The topological polar surface area (TPSA) is 50.9 Å². The third-order valence-corrected chi connectivity index (χ3v) is 4.40. The minimum absolute atomic E-state index is 0.674. The number of nitrogens with two attached hydrogens (primary N) is 1. The van der Waals surface area contributed by atoms with E-state index in [4.69, 9.17) is 17.3 Å². The molecule has 3 aromatic rings. The van der Waals surface area contributed by atoms with E-state index in [-0.39, 0.29) is 0 Å². The third-order valence-electron chi connectivity index (χ3n) is 3.11. The lowest BCUT2D eigenvalue weighted by molar-refractivity contribution is 1.05. The van der Waals surface area contributed by atoms with Crippen molar-refractivity contribution in [3.63, 3.8) is 0 Å². The minimum atomic E-state index is 0.674. The van der Waals surface area contributed by atoms with Crippen molar-refractivity contribution in [1.29, 1.82) is 0 Å². The fourth-order valence-corrected chi connectivity index (χ4v) is 3.24. The van der Waals surface area contributed by atoms with E-state index < -0.39 is 0 Å². The van der Waals surface area contributed by atoms with Gasteiger partial charge in [-0.3, -0.25) is 4.98 Å². The third kappa shape index (κ3) is 2.71. The van der Waals surface area contributed by atoms with Crippen LogP contribution in [-0.2, 0) is 6.42 Å². The van der Waals surface area contributed by atoms with Crippen LogP contribution in [0, 0.1) is 0 Å². The number of thiophene rings is 1. The molecule has 0 bridgehead atoms. The molecule has 20 heavy (non-hydrogen) atoms. The van der Waals surface area contributed by atoms with Crippen LogP contribution < -0.4 is 11.1 Å². The summed E-state index contributed by atoms with van der Waals surface area (Å²) in [6.07, 6.45) is 2.63. The number of hydrogen-bond donors (Lipinski definition) is 2. The standard InChI is InChI=1S/C15H14ClN3S/c16-14-6-5-10(20-14)7-8-18-15-11-3-1-2-4-13(11)19-9-12(15)17/h1-6,9H,7-8,17H2,(H,18,19). The number of hydrogen-bond acceptors (Lipinski definition) is 4. The van der Waals surface area contributed by atoms with E-state index in [1.807, 2.05) is 30.3 Å². The number of nitrogens with zero attached hydrogens (tertiary/aromatic N) is 1. The van der Waals surface area contributed by atoms with Gasteiger partial charge in [-0.25, -0.2) is 0 Å². The quantitative estimate of drug-likeness (QED) is 0.760. The van der Waals surface area contributed by atoms with Crippen molar-refractivity contribution in [3.8, 4) is 0 Å². The number of benzene rings is 1. The number of pyridine rings is 1. The summed E-state index contributed by atoms with van der Waals surface area (Å²) in [5, 5.41) is 4.46. The molecule has 0 aliphatic rings. The molecule has 0 saturated heterocycles. The average Bonchev–Trinajstić information content (AvgIpc) is 2.87. The maximum absolute atomic E-state index is 6.03. The zero-order chi connectivity index (χ0) is 13.9. The predicted molar refractivity (Wildman–Crippen MR) is 87.7 cm³/mol. The number of nitrogens with one attached hydrogen (secondary N) is 1. The lowest BCUT2D eigenvalue weighted by Crippen LogP contribution is -2.07. The van der Waals surface area contributed by atoms with E-state index in [9.17, 15) is 0 Å². The highest BCUT2D eigenvalue weighted by molar-refractivity contribution is 7.16. The average molecular weight is 304 g/mol. The fourth-order valence-electron chi connectivity index (χ4n) is 2.15. The van der Waals surface area contributed by atoms with E-state index >= 15 is 0 Å². The predicted octanol–water partition coefficient (Wildman–Crippen LogP) is 4.19. The van der Waals surface area contributed by atoms with Crippen LogP contribution in [0.15, 0.2) is 42.6 Å². The Kier molecular flexibility index (Phi) is 3.76. The molecule has 0 aliphatic carbocycles. The highest BCUT2D eigenvalue weighted by Gasteiger charge is 2.06. The van der Waals surface area contributed by atoms with Crippen LogP contribution >= 0.6 is 22.9 Å². The highest BCUT2D eigenvalue weighted by Crippen LogP contribution is 2.28. The molecular weight excluding hydrogens is 290 g/mol. The van der Waals surface area contributed by atoms with Gasteiger partial charge in [0.15, 0.2) is 0 Å². The van der Waals surface area contributed by atoms with Gasteiger partial charge in [0.25, 0.3) is 0 Å². The number of fused-ring (bicyclic) bond motifs is 1. The van der Waals surface area contributed by atoms with Crippen LogP contribution in [0.5, 0.6) is 0 Å². The first kappa shape index (κ1) is 13.2. The van der Waals surface area contributed by atoms with Gasteiger partial charge < -0.3 is 11.1 Å². The SMILES string of the molecule is Nc1cnc2ccccc2c1NCCc1ccc(Cl)s1. The van der Waals surface area contributed by atoms with Crippen molar-refractivity contribution < 1.29 is 0 Å². The van der Waals surface area contributed by atoms with Gasteiger partial charge in [-0.05, 0) is 24.6 Å². The van der Waals surface area contributed by atoms with Gasteiger partial charge in [-0.1, -0.05) is 29.8 Å². The Hall–Kier alpha value is -1.78. The Morgan fingerprint density at radius 1 is 1.20 bits per heavy atom. The Labute approximate surface area is 126 Å². The molecule has 1 aromatic carbocycles. The van der Waals surface area contributed by atoms with Gasteiger partial charge in [0.2, 0.25) is 0 Å². The number of halogens is 1. The molecule has 0 unspecified atom stereocenters. The number of para-hydroxylation sites is 1. The van der Waals surface area contributed by atoms with Crippen LogP contribution in [0.1, 0.15) is 4.88 Å². The normalized spacial score (nSPS) is 10.8. The minimum Gasteiger partial charge on any atom is -0.396 e. The summed E-state index contributed by atoms with van der Waals surface area (Å²) in [6, 6.07) is 12.0. The Morgan fingerprint density at radius 2 is 2.05 bits per heavy atom. The molecule has 0 radical (unpaired) electrons. The van der Waals surface area contributed by atoms with E-state index in [1.54, 1.807) is 17.5 Å². The van der Waals surface area contributed by atoms with Crippen molar-refractivity contribution in [1.82, 2.24) is 4.98 Å². The van der Waals surface area contributed by atoms with Gasteiger partial charge >= 0.3 is 0 Å². The Morgan fingerprint density at radius 3 is 2.85 bits per heavy atom. The molecule has 0 aliphatic heterocycles. The van der Waals surface area contributed by atoms with Crippen molar-refractivity contribution >= 4 is 45.2 Å². The summed E-state index contributed by atoms with van der Waals surface area (Å²) in [6.45, 7) is 0.815. The molecule has 2 heterocycles. The van der Waals surface area contributed by atoms with Crippen LogP contribution in [0.4, 0.5) is 11.4 Å². The van der Waals surface area contributed by atoms with Gasteiger partial charge in [-0.2, -0.15) is 0 Å². The summed E-state index contributed by atoms with van der Waals surface area (Å²) in [4.78, 5) is 5.59. The molecule has 102 valence electrons. The van der Waals surface area contributed by atoms with Crippen molar-refractivity contribution in [2.24, 2.45) is 0 Å². The van der Waals surface area contributed by atoms with Crippen molar-refractivity contribution in [2.45, 2.75) is 6.42 Å². The molecule has 0 saturated carbocycles. The summed E-state index contributed by atoms with van der Waals surface area (Å²) >= 11 is 7.54. The van der Waals surface area contributed by atoms with E-state index in [1.165, 1.54) is 4.88 Å². The fraction of sp³-hybridized carbons (Fsp3) is 0.133. The number of rotatable bonds is 4. The Balaban J connectivity index is 1.78. The van der Waals surface area contributed by atoms with Crippen LogP contribution in [-0.4, -0.2) is 11.5 Å².